The molecule has 3 rings (SSSR count). The minimum absolute atomic E-state index is 0.0736. The van der Waals surface area contributed by atoms with Crippen LogP contribution in [0.3, 0.4) is 0 Å². The number of methoxy groups -OCH3 is 1. The van der Waals surface area contributed by atoms with Gasteiger partial charge in [0.1, 0.15) is 0 Å². The van der Waals surface area contributed by atoms with Crippen LogP contribution in [-0.2, 0) is 23.8 Å². The zero-order valence-corrected chi connectivity index (χ0v) is 14.1. The first kappa shape index (κ1) is 16.1. The molecule has 0 saturated heterocycles. The third kappa shape index (κ3) is 2.46. The SMILES string of the molecule is C=C1CC[C@H]2[C@@H]([C@H]3C(C(=O)OC)=CO[C@H](OC(C)=O)[C@@H]13)C2(C)C. The average molecular weight is 320 g/mol. The summed E-state index contributed by atoms with van der Waals surface area (Å²) in [6.45, 7) is 10.0. The molecular weight excluding hydrogens is 296 g/mol. The summed E-state index contributed by atoms with van der Waals surface area (Å²) >= 11 is 0. The van der Waals surface area contributed by atoms with E-state index in [0.717, 1.165) is 18.4 Å². The lowest BCUT2D eigenvalue weighted by atomic mass is 9.75. The summed E-state index contributed by atoms with van der Waals surface area (Å²) in [5, 5.41) is 0. The van der Waals surface area contributed by atoms with Gasteiger partial charge in [-0.2, -0.15) is 0 Å². The molecule has 2 fully saturated rings. The summed E-state index contributed by atoms with van der Waals surface area (Å²) < 4.78 is 15.9. The third-order valence-corrected chi connectivity index (χ3v) is 5.85. The summed E-state index contributed by atoms with van der Waals surface area (Å²) in [5.41, 5.74) is 1.68. The second kappa shape index (κ2) is 5.39. The van der Waals surface area contributed by atoms with Gasteiger partial charge in [0.15, 0.2) is 0 Å². The number of carbonyl (C=O) groups excluding carboxylic acids is 2. The van der Waals surface area contributed by atoms with Crippen LogP contribution in [0, 0.1) is 29.1 Å². The average Bonchev–Trinajstić information content (AvgIpc) is 3.08. The second-order valence-corrected chi connectivity index (χ2v) is 7.38. The molecule has 5 atom stereocenters. The Balaban J connectivity index is 2.03. The van der Waals surface area contributed by atoms with Crippen LogP contribution >= 0.6 is 0 Å². The number of carbonyl (C=O) groups is 2. The fourth-order valence-electron chi connectivity index (χ4n) is 4.65. The zero-order valence-electron chi connectivity index (χ0n) is 14.1. The molecule has 23 heavy (non-hydrogen) atoms. The topological polar surface area (TPSA) is 61.8 Å². The van der Waals surface area contributed by atoms with Crippen LogP contribution in [0.2, 0.25) is 0 Å². The highest BCUT2D eigenvalue weighted by molar-refractivity contribution is 5.89. The molecule has 5 nitrogen and oxygen atoms in total. The minimum Gasteiger partial charge on any atom is -0.466 e. The highest BCUT2D eigenvalue weighted by Crippen LogP contribution is 2.69. The van der Waals surface area contributed by atoms with E-state index in [0.29, 0.717) is 17.4 Å². The van der Waals surface area contributed by atoms with Gasteiger partial charge in [0.2, 0.25) is 6.29 Å². The lowest BCUT2D eigenvalue weighted by Gasteiger charge is -2.38. The summed E-state index contributed by atoms with van der Waals surface area (Å²) in [7, 11) is 1.37. The monoisotopic (exact) mass is 320 g/mol. The molecule has 126 valence electrons. The Morgan fingerprint density at radius 3 is 2.65 bits per heavy atom. The van der Waals surface area contributed by atoms with Crippen molar-refractivity contribution in [1.29, 1.82) is 0 Å². The summed E-state index contributed by atoms with van der Waals surface area (Å²) in [4.78, 5) is 23.7. The zero-order chi connectivity index (χ0) is 16.9. The number of hydrogen-bond donors (Lipinski definition) is 0. The van der Waals surface area contributed by atoms with Crippen LogP contribution in [0.1, 0.15) is 33.6 Å². The Labute approximate surface area is 136 Å². The molecule has 3 aliphatic rings. The van der Waals surface area contributed by atoms with Crippen molar-refractivity contribution in [2.75, 3.05) is 7.11 Å². The lowest BCUT2D eigenvalue weighted by molar-refractivity contribution is -0.181. The second-order valence-electron chi connectivity index (χ2n) is 7.38. The molecule has 1 aliphatic heterocycles. The van der Waals surface area contributed by atoms with E-state index in [1.54, 1.807) is 0 Å². The van der Waals surface area contributed by atoms with Gasteiger partial charge in [0.25, 0.3) is 0 Å². The minimum atomic E-state index is -0.714. The molecule has 5 heteroatoms. The predicted molar refractivity (Wildman–Crippen MR) is 82.9 cm³/mol. The molecule has 0 N–H and O–H groups in total. The fourth-order valence-corrected chi connectivity index (χ4v) is 4.65. The molecule has 1 heterocycles. The Hall–Kier alpha value is -1.78. The lowest BCUT2D eigenvalue weighted by Crippen LogP contribution is -2.41. The van der Waals surface area contributed by atoms with E-state index < -0.39 is 12.3 Å². The van der Waals surface area contributed by atoms with Crippen LogP contribution < -0.4 is 0 Å². The van der Waals surface area contributed by atoms with E-state index in [4.69, 9.17) is 14.2 Å². The number of fused-ring (bicyclic) bond motifs is 3. The summed E-state index contributed by atoms with van der Waals surface area (Å²) in [6, 6.07) is 0. The largest absolute Gasteiger partial charge is 0.466 e. The molecule has 0 radical (unpaired) electrons. The van der Waals surface area contributed by atoms with Gasteiger partial charge in [-0.05, 0) is 30.1 Å². The van der Waals surface area contributed by atoms with Gasteiger partial charge >= 0.3 is 11.9 Å². The van der Waals surface area contributed by atoms with Crippen molar-refractivity contribution in [2.24, 2.45) is 29.1 Å². The van der Waals surface area contributed by atoms with Crippen molar-refractivity contribution in [3.05, 3.63) is 24.0 Å². The summed E-state index contributed by atoms with van der Waals surface area (Å²) in [6.07, 6.45) is 2.62. The maximum Gasteiger partial charge on any atom is 0.337 e. The van der Waals surface area contributed by atoms with Crippen LogP contribution in [0.5, 0.6) is 0 Å². The maximum atomic E-state index is 12.2. The molecule has 0 aromatic rings. The van der Waals surface area contributed by atoms with E-state index in [-0.39, 0.29) is 23.2 Å². The number of hydrogen-bond acceptors (Lipinski definition) is 5. The third-order valence-electron chi connectivity index (χ3n) is 5.85. The maximum absolute atomic E-state index is 12.2. The van der Waals surface area contributed by atoms with Crippen LogP contribution in [0.4, 0.5) is 0 Å². The van der Waals surface area contributed by atoms with E-state index in [1.807, 2.05) is 0 Å². The van der Waals surface area contributed by atoms with Gasteiger partial charge in [0.05, 0.1) is 24.9 Å². The van der Waals surface area contributed by atoms with Crippen molar-refractivity contribution < 1.29 is 23.8 Å². The van der Waals surface area contributed by atoms with Crippen LogP contribution in [-0.4, -0.2) is 25.3 Å². The molecule has 0 unspecified atom stereocenters. The van der Waals surface area contributed by atoms with Gasteiger partial charge in [-0.1, -0.05) is 26.0 Å². The Morgan fingerprint density at radius 2 is 2.04 bits per heavy atom. The Bertz CT molecular complexity index is 588. The first-order valence-corrected chi connectivity index (χ1v) is 8.07. The molecule has 2 saturated carbocycles. The summed E-state index contributed by atoms with van der Waals surface area (Å²) in [5.74, 6) is -0.160. The van der Waals surface area contributed by atoms with Gasteiger partial charge < -0.3 is 14.2 Å². The predicted octanol–water partition coefficient (Wildman–Crippen LogP) is 2.82. The fraction of sp³-hybridized carbons (Fsp3) is 0.667. The number of esters is 2. The molecule has 2 aliphatic carbocycles. The molecular formula is C18H24O5. The number of ether oxygens (including phenoxy) is 3. The van der Waals surface area contributed by atoms with Crippen molar-refractivity contribution in [2.45, 2.75) is 39.9 Å². The highest BCUT2D eigenvalue weighted by atomic mass is 16.7. The smallest absolute Gasteiger partial charge is 0.337 e. The standard InChI is InChI=1S/C18H24O5/c1-9-6-7-12-15(18(12,3)4)14-11(16(20)21-5)8-22-17(13(9)14)23-10(2)19/h8,12-15,17H,1,6-7H2,2-5H3/t12-,13-,14-,15-,17+/m0/s1. The molecule has 0 aromatic carbocycles. The van der Waals surface area contributed by atoms with Crippen LogP contribution in [0.25, 0.3) is 0 Å². The Kier molecular flexibility index (Phi) is 3.77. The van der Waals surface area contributed by atoms with Crippen LogP contribution in [0.15, 0.2) is 24.0 Å². The van der Waals surface area contributed by atoms with Gasteiger partial charge in [-0.3, -0.25) is 4.79 Å². The van der Waals surface area contributed by atoms with Crippen molar-refractivity contribution in [3.8, 4) is 0 Å². The van der Waals surface area contributed by atoms with Gasteiger partial charge in [-0.15, -0.1) is 0 Å². The van der Waals surface area contributed by atoms with Gasteiger partial charge in [-0.25, -0.2) is 4.79 Å². The van der Waals surface area contributed by atoms with Crippen molar-refractivity contribution in [1.82, 2.24) is 0 Å². The first-order valence-electron chi connectivity index (χ1n) is 8.07. The van der Waals surface area contributed by atoms with E-state index in [9.17, 15) is 9.59 Å². The van der Waals surface area contributed by atoms with Crippen molar-refractivity contribution >= 4 is 11.9 Å². The number of rotatable bonds is 2. The Morgan fingerprint density at radius 1 is 1.35 bits per heavy atom. The first-order chi connectivity index (χ1) is 10.8. The van der Waals surface area contributed by atoms with Gasteiger partial charge in [0, 0.05) is 12.8 Å². The van der Waals surface area contributed by atoms with E-state index >= 15 is 0 Å². The van der Waals surface area contributed by atoms with E-state index in [2.05, 4.69) is 20.4 Å². The normalized spacial score (nSPS) is 37.3. The molecule has 0 aromatic heterocycles. The molecule has 0 bridgehead atoms. The quantitative estimate of drug-likeness (QED) is 0.578. The highest BCUT2D eigenvalue weighted by Gasteiger charge is 2.66. The van der Waals surface area contributed by atoms with E-state index in [1.165, 1.54) is 20.3 Å². The van der Waals surface area contributed by atoms with Crippen molar-refractivity contribution in [3.63, 3.8) is 0 Å². The molecule has 0 spiro atoms. The molecule has 0 amide bonds.